The molecule has 13 nitrogen and oxygen atoms in total. The van der Waals surface area contributed by atoms with Crippen LogP contribution in [0.2, 0.25) is 0 Å². The Morgan fingerprint density at radius 3 is 2.29 bits per heavy atom. The Balaban J connectivity index is 1.81. The van der Waals surface area contributed by atoms with Crippen LogP contribution in [0.1, 0.15) is 54.4 Å². The average Bonchev–Trinajstić information content (AvgIpc) is 3.21. The van der Waals surface area contributed by atoms with Crippen molar-refractivity contribution in [3.63, 3.8) is 0 Å². The second-order valence-corrected chi connectivity index (χ2v) is 13.1. The lowest BCUT2D eigenvalue weighted by atomic mass is 9.83. The lowest BCUT2D eigenvalue weighted by Crippen LogP contribution is -2.61. The maximum Gasteiger partial charge on any atom is 0.325 e. The molecule has 3 fully saturated rings. The number of carbonyl (C=O) groups is 6. The van der Waals surface area contributed by atoms with Gasteiger partial charge < -0.3 is 29.5 Å². The summed E-state index contributed by atoms with van der Waals surface area (Å²) in [6.45, 7) is 10.7. The van der Waals surface area contributed by atoms with E-state index in [2.05, 4.69) is 16.1 Å². The van der Waals surface area contributed by atoms with E-state index in [-0.39, 0.29) is 36.1 Å². The predicted octanol–water partition coefficient (Wildman–Crippen LogP) is 0.326. The first-order valence-electron chi connectivity index (χ1n) is 14.2. The molecular formula is C29H43N5O8. The lowest BCUT2D eigenvalue weighted by Gasteiger charge is -2.42. The summed E-state index contributed by atoms with van der Waals surface area (Å²) in [5.41, 5.74) is -0.992. The predicted molar refractivity (Wildman–Crippen MR) is 148 cm³/mol. The van der Waals surface area contributed by atoms with Crippen molar-refractivity contribution in [2.75, 3.05) is 40.4 Å². The highest BCUT2D eigenvalue weighted by atomic mass is 16.5. The average molecular weight is 590 g/mol. The van der Waals surface area contributed by atoms with Crippen LogP contribution < -0.4 is 5.32 Å². The van der Waals surface area contributed by atoms with Crippen molar-refractivity contribution >= 4 is 35.6 Å². The Labute approximate surface area is 246 Å². The first-order chi connectivity index (χ1) is 19.5. The van der Waals surface area contributed by atoms with Gasteiger partial charge >= 0.3 is 11.9 Å². The van der Waals surface area contributed by atoms with E-state index >= 15 is 0 Å². The van der Waals surface area contributed by atoms with Crippen LogP contribution in [0.3, 0.4) is 0 Å². The molecular weight excluding hydrogens is 546 g/mol. The molecule has 3 aliphatic rings. The van der Waals surface area contributed by atoms with E-state index in [9.17, 15) is 34.0 Å². The summed E-state index contributed by atoms with van der Waals surface area (Å²) in [6, 6.07) is -0.858. The third-order valence-electron chi connectivity index (χ3n) is 9.01. The zero-order chi connectivity index (χ0) is 31.7. The normalized spacial score (nSPS) is 25.5. The second kappa shape index (κ2) is 12.3. The van der Waals surface area contributed by atoms with Gasteiger partial charge in [-0.25, -0.2) is 0 Å². The van der Waals surface area contributed by atoms with Crippen molar-refractivity contribution in [3.8, 4) is 6.07 Å². The number of hydrogen-bond acceptors (Lipinski definition) is 9. The molecule has 2 heterocycles. The molecule has 0 aromatic carbocycles. The van der Waals surface area contributed by atoms with E-state index in [1.807, 2.05) is 13.8 Å². The molecule has 232 valence electrons. The fourth-order valence-electron chi connectivity index (χ4n) is 6.61. The molecule has 2 saturated heterocycles. The minimum atomic E-state index is -1.05. The van der Waals surface area contributed by atoms with Crippen molar-refractivity contribution < 1.29 is 38.2 Å². The molecule has 1 aliphatic carbocycles. The number of fused-ring (bicyclic) bond motifs is 1. The summed E-state index contributed by atoms with van der Waals surface area (Å²) in [6.07, 6.45) is 0.503. The third kappa shape index (κ3) is 6.52. The number of methoxy groups -OCH3 is 2. The Morgan fingerprint density at radius 2 is 1.76 bits per heavy atom. The third-order valence-corrected chi connectivity index (χ3v) is 9.01. The van der Waals surface area contributed by atoms with Gasteiger partial charge in [-0.2, -0.15) is 5.26 Å². The molecule has 42 heavy (non-hydrogen) atoms. The van der Waals surface area contributed by atoms with E-state index in [1.54, 1.807) is 20.8 Å². The first-order valence-corrected chi connectivity index (χ1v) is 14.2. The Morgan fingerprint density at radius 1 is 1.14 bits per heavy atom. The van der Waals surface area contributed by atoms with Gasteiger partial charge in [-0.05, 0) is 35.5 Å². The number of esters is 2. The quantitative estimate of drug-likeness (QED) is 0.353. The standard InChI is InChI=1S/C29H43N5O8/c1-16(35)33(15-21(37)42-8)24(28(2,3)4)27(40)34-13-19-22(29(19,5)6)23(34)25(38)31-18(12-30)11-17-9-10-32(26(17)39)14-20(36)41-7/h17-19,22-24H,9-11,13-15H2,1-8H3,(H,31,38)/t17-,18-,19-,22-,23-,24+/m0/s1. The number of likely N-dealkylation sites (tertiary alicyclic amines) is 2. The highest BCUT2D eigenvalue weighted by molar-refractivity contribution is 5.95. The molecule has 4 amide bonds. The number of hydrogen-bond donors (Lipinski definition) is 1. The number of carbonyl (C=O) groups excluding carboxylic acids is 6. The molecule has 1 saturated carbocycles. The first kappa shape index (κ1) is 32.8. The van der Waals surface area contributed by atoms with Crippen LogP contribution in [0, 0.1) is 39.9 Å². The molecule has 0 spiro atoms. The summed E-state index contributed by atoms with van der Waals surface area (Å²) in [7, 11) is 2.44. The van der Waals surface area contributed by atoms with Crippen LogP contribution in [0.15, 0.2) is 0 Å². The Kier molecular flexibility index (Phi) is 9.59. The minimum absolute atomic E-state index is 0.0491. The van der Waals surface area contributed by atoms with Crippen LogP contribution >= 0.6 is 0 Å². The van der Waals surface area contributed by atoms with E-state index < -0.39 is 65.7 Å². The van der Waals surface area contributed by atoms with Gasteiger partial charge in [-0.3, -0.25) is 28.8 Å². The Bertz CT molecular complexity index is 1170. The summed E-state index contributed by atoms with van der Waals surface area (Å²) in [5, 5.41) is 12.6. The molecule has 13 heteroatoms. The van der Waals surface area contributed by atoms with Gasteiger partial charge in [0.1, 0.15) is 31.2 Å². The molecule has 0 unspecified atom stereocenters. The molecule has 3 rings (SSSR count). The van der Waals surface area contributed by atoms with Crippen LogP contribution in [-0.2, 0) is 38.2 Å². The molecule has 0 bridgehead atoms. The highest BCUT2D eigenvalue weighted by Crippen LogP contribution is 2.65. The van der Waals surface area contributed by atoms with E-state index in [0.29, 0.717) is 19.5 Å². The van der Waals surface area contributed by atoms with Crippen molar-refractivity contribution in [2.45, 2.75) is 72.5 Å². The number of amides is 4. The van der Waals surface area contributed by atoms with Gasteiger partial charge in [-0.1, -0.05) is 34.6 Å². The van der Waals surface area contributed by atoms with Crippen molar-refractivity contribution in [1.29, 1.82) is 5.26 Å². The smallest absolute Gasteiger partial charge is 0.325 e. The van der Waals surface area contributed by atoms with E-state index in [0.717, 1.165) is 0 Å². The molecule has 1 N–H and O–H groups in total. The maximum atomic E-state index is 14.2. The number of nitrogens with one attached hydrogen (secondary N) is 1. The van der Waals surface area contributed by atoms with Gasteiger partial charge in [0.15, 0.2) is 0 Å². The fraction of sp³-hybridized carbons (Fsp3) is 0.759. The summed E-state index contributed by atoms with van der Waals surface area (Å²) >= 11 is 0. The number of nitrogens with zero attached hydrogens (tertiary/aromatic N) is 4. The maximum absolute atomic E-state index is 14.2. The second-order valence-electron chi connectivity index (χ2n) is 13.1. The van der Waals surface area contributed by atoms with Gasteiger partial charge in [0.2, 0.25) is 23.6 Å². The van der Waals surface area contributed by atoms with Crippen LogP contribution in [0.25, 0.3) is 0 Å². The van der Waals surface area contributed by atoms with Gasteiger partial charge in [0, 0.05) is 25.9 Å². The summed E-state index contributed by atoms with van der Waals surface area (Å²) in [4.78, 5) is 81.2. The number of ether oxygens (including phenoxy) is 2. The largest absolute Gasteiger partial charge is 0.468 e. The zero-order valence-electron chi connectivity index (χ0n) is 25.8. The topological polar surface area (TPSA) is 166 Å². The molecule has 0 aromatic rings. The number of piperidine rings is 1. The number of rotatable bonds is 10. The van der Waals surface area contributed by atoms with Gasteiger partial charge in [-0.15, -0.1) is 0 Å². The van der Waals surface area contributed by atoms with Crippen LogP contribution in [-0.4, -0.2) is 109 Å². The van der Waals surface area contributed by atoms with Crippen LogP contribution in [0.4, 0.5) is 0 Å². The van der Waals surface area contributed by atoms with Crippen molar-refractivity contribution in [3.05, 3.63) is 0 Å². The van der Waals surface area contributed by atoms with Crippen molar-refractivity contribution in [2.24, 2.45) is 28.6 Å². The molecule has 0 aromatic heterocycles. The fourth-order valence-corrected chi connectivity index (χ4v) is 6.61. The van der Waals surface area contributed by atoms with E-state index in [4.69, 9.17) is 4.74 Å². The van der Waals surface area contributed by atoms with Crippen molar-refractivity contribution in [1.82, 2.24) is 20.0 Å². The van der Waals surface area contributed by atoms with Gasteiger partial charge in [0.05, 0.1) is 20.3 Å². The van der Waals surface area contributed by atoms with Gasteiger partial charge in [0.25, 0.3) is 0 Å². The van der Waals surface area contributed by atoms with Crippen LogP contribution in [0.5, 0.6) is 0 Å². The molecule has 2 aliphatic heterocycles. The lowest BCUT2D eigenvalue weighted by molar-refractivity contribution is -0.158. The highest BCUT2D eigenvalue weighted by Gasteiger charge is 2.70. The minimum Gasteiger partial charge on any atom is -0.468 e. The monoisotopic (exact) mass is 589 g/mol. The Hall–Kier alpha value is -3.69. The molecule has 0 radical (unpaired) electrons. The summed E-state index contributed by atoms with van der Waals surface area (Å²) in [5.74, 6) is -3.57. The summed E-state index contributed by atoms with van der Waals surface area (Å²) < 4.78 is 9.40. The molecule has 6 atom stereocenters. The number of nitriles is 1. The van der Waals surface area contributed by atoms with E-state index in [1.165, 1.54) is 35.8 Å². The zero-order valence-corrected chi connectivity index (χ0v) is 25.8. The SMILES string of the molecule is COC(=O)CN1CC[C@@H](C[C@@H](C#N)NC(=O)[C@@H]2[C@@H]3[C@H](CN2C(=O)[C@@H](N(CC(=O)OC)C(C)=O)C(C)(C)C)C3(C)C)C1=O.